The molecule has 0 amide bonds. The molecule has 21 heavy (non-hydrogen) atoms. The summed E-state index contributed by atoms with van der Waals surface area (Å²) in [4.78, 5) is 10.8. The van der Waals surface area contributed by atoms with Crippen molar-refractivity contribution in [3.63, 3.8) is 0 Å². The molecule has 104 valence electrons. The lowest BCUT2D eigenvalue weighted by atomic mass is 10.0. The Morgan fingerprint density at radius 2 is 1.43 bits per heavy atom. The Bertz CT molecular complexity index is 774. The predicted molar refractivity (Wildman–Crippen MR) is 76.9 cm³/mol. The first kappa shape index (κ1) is 13.1. The monoisotopic (exact) mass is 280 g/mol. The third kappa shape index (κ3) is 2.67. The summed E-state index contributed by atoms with van der Waals surface area (Å²) in [6.07, 6.45) is 0. The number of nitrogens with zero attached hydrogens (tertiary/aromatic N) is 2. The lowest BCUT2D eigenvalue weighted by molar-refractivity contribution is 0.0697. The maximum absolute atomic E-state index is 10.8. The van der Waals surface area contributed by atoms with Crippen LogP contribution in [-0.4, -0.2) is 21.3 Å². The van der Waals surface area contributed by atoms with Crippen LogP contribution in [-0.2, 0) is 0 Å². The van der Waals surface area contributed by atoms with Gasteiger partial charge in [0.1, 0.15) is 0 Å². The lowest BCUT2D eigenvalue weighted by Crippen LogP contribution is -1.94. The van der Waals surface area contributed by atoms with Crippen LogP contribution in [0.5, 0.6) is 0 Å². The van der Waals surface area contributed by atoms with Crippen LogP contribution in [0.4, 0.5) is 0 Å². The second-order valence-corrected chi connectivity index (χ2v) is 4.59. The first-order valence-corrected chi connectivity index (χ1v) is 6.38. The summed E-state index contributed by atoms with van der Waals surface area (Å²) in [6.45, 7) is 1.74. The van der Waals surface area contributed by atoms with Gasteiger partial charge in [-0.2, -0.15) is 0 Å². The molecule has 2 aromatic carbocycles. The minimum absolute atomic E-state index is 0.275. The van der Waals surface area contributed by atoms with Crippen molar-refractivity contribution in [2.75, 3.05) is 0 Å². The normalized spacial score (nSPS) is 10.5. The van der Waals surface area contributed by atoms with E-state index in [0.717, 1.165) is 16.7 Å². The van der Waals surface area contributed by atoms with Gasteiger partial charge in [0.15, 0.2) is 0 Å². The van der Waals surface area contributed by atoms with E-state index in [1.807, 2.05) is 24.3 Å². The molecule has 0 bridgehead atoms. The average molecular weight is 280 g/mol. The highest BCUT2D eigenvalue weighted by atomic mass is 16.4. The molecule has 0 fully saturated rings. The van der Waals surface area contributed by atoms with Crippen molar-refractivity contribution in [1.82, 2.24) is 10.2 Å². The minimum Gasteiger partial charge on any atom is -0.478 e. The van der Waals surface area contributed by atoms with Gasteiger partial charge in [-0.3, -0.25) is 0 Å². The Morgan fingerprint density at radius 1 is 0.905 bits per heavy atom. The highest BCUT2D eigenvalue weighted by Gasteiger charge is 2.07. The van der Waals surface area contributed by atoms with E-state index in [1.165, 1.54) is 0 Å². The molecule has 0 saturated carbocycles. The molecule has 1 N–H and O–H groups in total. The number of benzene rings is 2. The summed E-state index contributed by atoms with van der Waals surface area (Å²) in [5.41, 5.74) is 3.07. The Kier molecular flexibility index (Phi) is 3.23. The molecular weight excluding hydrogens is 268 g/mol. The summed E-state index contributed by atoms with van der Waals surface area (Å²) in [5.74, 6) is 0.0854. The fourth-order valence-corrected chi connectivity index (χ4v) is 2.02. The fraction of sp³-hybridized carbons (Fsp3) is 0.0625. The van der Waals surface area contributed by atoms with Crippen LogP contribution in [0.15, 0.2) is 52.9 Å². The van der Waals surface area contributed by atoms with Gasteiger partial charge < -0.3 is 9.52 Å². The van der Waals surface area contributed by atoms with E-state index in [0.29, 0.717) is 11.8 Å². The number of carboxylic acids is 1. The van der Waals surface area contributed by atoms with Crippen molar-refractivity contribution in [2.24, 2.45) is 0 Å². The van der Waals surface area contributed by atoms with Gasteiger partial charge in [-0.15, -0.1) is 10.2 Å². The van der Waals surface area contributed by atoms with Crippen LogP contribution < -0.4 is 0 Å². The molecule has 0 spiro atoms. The summed E-state index contributed by atoms with van der Waals surface area (Å²) >= 11 is 0. The molecule has 1 aromatic heterocycles. The van der Waals surface area contributed by atoms with Crippen molar-refractivity contribution in [2.45, 2.75) is 6.92 Å². The van der Waals surface area contributed by atoms with Gasteiger partial charge >= 0.3 is 5.97 Å². The minimum atomic E-state index is -0.927. The highest BCUT2D eigenvalue weighted by Crippen LogP contribution is 2.24. The zero-order chi connectivity index (χ0) is 14.8. The molecule has 0 radical (unpaired) electrons. The van der Waals surface area contributed by atoms with E-state index in [2.05, 4.69) is 10.2 Å². The van der Waals surface area contributed by atoms with E-state index >= 15 is 0 Å². The molecule has 0 atom stereocenters. The molecule has 0 unspecified atom stereocenters. The molecule has 3 aromatic rings. The largest absolute Gasteiger partial charge is 0.478 e. The third-order valence-electron chi connectivity index (χ3n) is 3.12. The van der Waals surface area contributed by atoms with Crippen LogP contribution in [0.2, 0.25) is 0 Å². The third-order valence-corrected chi connectivity index (χ3v) is 3.12. The Hall–Kier alpha value is -2.95. The molecule has 0 aliphatic heterocycles. The average Bonchev–Trinajstić information content (AvgIpc) is 2.94. The fourth-order valence-electron chi connectivity index (χ4n) is 2.02. The van der Waals surface area contributed by atoms with Crippen molar-refractivity contribution in [3.8, 4) is 22.6 Å². The van der Waals surface area contributed by atoms with E-state index in [-0.39, 0.29) is 5.56 Å². The van der Waals surface area contributed by atoms with Crippen molar-refractivity contribution < 1.29 is 14.3 Å². The van der Waals surface area contributed by atoms with Gasteiger partial charge in [0.05, 0.1) is 5.56 Å². The molecule has 0 aliphatic carbocycles. The number of aromatic carboxylic acids is 1. The van der Waals surface area contributed by atoms with E-state index < -0.39 is 5.97 Å². The zero-order valence-corrected chi connectivity index (χ0v) is 11.3. The van der Waals surface area contributed by atoms with Gasteiger partial charge in [-0.25, -0.2) is 4.79 Å². The number of carboxylic acid groups (broad SMARTS) is 1. The number of rotatable bonds is 3. The molecule has 0 saturated heterocycles. The molecule has 5 heteroatoms. The molecule has 0 aliphatic rings. The van der Waals surface area contributed by atoms with Crippen molar-refractivity contribution >= 4 is 5.97 Å². The highest BCUT2D eigenvalue weighted by molar-refractivity contribution is 5.88. The number of aryl methyl sites for hydroxylation is 1. The van der Waals surface area contributed by atoms with Gasteiger partial charge in [-0.1, -0.05) is 24.3 Å². The second-order valence-electron chi connectivity index (χ2n) is 4.59. The Balaban J connectivity index is 1.88. The molecule has 5 nitrogen and oxygen atoms in total. The number of hydrogen-bond donors (Lipinski definition) is 1. The standard InChI is InChI=1S/C16H12N2O3/c1-10-17-18-15(21-10)13-6-2-11(3-7-13)12-4-8-14(9-5-12)16(19)20/h2-9H,1H3,(H,19,20). The van der Waals surface area contributed by atoms with Crippen molar-refractivity contribution in [3.05, 3.63) is 60.0 Å². The maximum Gasteiger partial charge on any atom is 0.335 e. The summed E-state index contributed by atoms with van der Waals surface area (Å²) in [7, 11) is 0. The second kappa shape index (κ2) is 5.20. The Morgan fingerprint density at radius 3 is 1.90 bits per heavy atom. The summed E-state index contributed by atoms with van der Waals surface area (Å²) in [6, 6.07) is 14.4. The van der Waals surface area contributed by atoms with E-state index in [1.54, 1.807) is 31.2 Å². The van der Waals surface area contributed by atoms with Gasteiger partial charge in [0.25, 0.3) is 0 Å². The number of hydrogen-bond acceptors (Lipinski definition) is 4. The van der Waals surface area contributed by atoms with Crippen LogP contribution in [0.3, 0.4) is 0 Å². The van der Waals surface area contributed by atoms with Crippen LogP contribution in [0.1, 0.15) is 16.2 Å². The van der Waals surface area contributed by atoms with Crippen LogP contribution in [0.25, 0.3) is 22.6 Å². The maximum atomic E-state index is 10.8. The first-order chi connectivity index (χ1) is 10.1. The quantitative estimate of drug-likeness (QED) is 0.795. The predicted octanol–water partition coefficient (Wildman–Crippen LogP) is 3.41. The van der Waals surface area contributed by atoms with Gasteiger partial charge in [-0.05, 0) is 35.4 Å². The van der Waals surface area contributed by atoms with Gasteiger partial charge in [0, 0.05) is 12.5 Å². The van der Waals surface area contributed by atoms with Crippen LogP contribution in [0, 0.1) is 6.92 Å². The number of aromatic nitrogens is 2. The zero-order valence-electron chi connectivity index (χ0n) is 11.3. The smallest absolute Gasteiger partial charge is 0.335 e. The number of carbonyl (C=O) groups is 1. The van der Waals surface area contributed by atoms with Crippen molar-refractivity contribution in [1.29, 1.82) is 0 Å². The first-order valence-electron chi connectivity index (χ1n) is 6.38. The van der Waals surface area contributed by atoms with Gasteiger partial charge in [0.2, 0.25) is 11.8 Å². The molecule has 1 heterocycles. The molecule has 3 rings (SSSR count). The van der Waals surface area contributed by atoms with Crippen LogP contribution >= 0.6 is 0 Å². The summed E-state index contributed by atoms with van der Waals surface area (Å²) in [5, 5.41) is 16.7. The molecular formula is C16H12N2O3. The topological polar surface area (TPSA) is 76.2 Å². The Labute approximate surface area is 120 Å². The lowest BCUT2D eigenvalue weighted by Gasteiger charge is -2.03. The van der Waals surface area contributed by atoms with E-state index in [9.17, 15) is 4.79 Å². The SMILES string of the molecule is Cc1nnc(-c2ccc(-c3ccc(C(=O)O)cc3)cc2)o1. The van der Waals surface area contributed by atoms with E-state index in [4.69, 9.17) is 9.52 Å². The summed E-state index contributed by atoms with van der Waals surface area (Å²) < 4.78 is 5.37.